The topological polar surface area (TPSA) is 24.5 Å². The molecule has 1 heterocycles. The molecular formula is C17H34N2O. The summed E-state index contributed by atoms with van der Waals surface area (Å²) in [5.41, 5.74) is 0. The highest BCUT2D eigenvalue weighted by molar-refractivity contribution is 4.88. The van der Waals surface area contributed by atoms with Crippen LogP contribution in [0.25, 0.3) is 0 Å². The van der Waals surface area contributed by atoms with Crippen LogP contribution in [-0.2, 0) is 4.74 Å². The summed E-state index contributed by atoms with van der Waals surface area (Å²) < 4.78 is 5.73. The van der Waals surface area contributed by atoms with Crippen LogP contribution in [0.5, 0.6) is 0 Å². The maximum Gasteiger partial charge on any atom is 0.0702 e. The van der Waals surface area contributed by atoms with Gasteiger partial charge in [-0.05, 0) is 58.5 Å². The lowest BCUT2D eigenvalue weighted by atomic mass is 9.76. The average molecular weight is 282 g/mol. The molecule has 3 nitrogen and oxygen atoms in total. The minimum atomic E-state index is 0.406. The third kappa shape index (κ3) is 3.96. The smallest absolute Gasteiger partial charge is 0.0702 e. The SMILES string of the molecule is CCCC1CCC(NC)C(CN(C)C2CCOC2C)C1. The predicted octanol–water partition coefficient (Wildman–Crippen LogP) is 2.90. The molecule has 5 atom stereocenters. The van der Waals surface area contributed by atoms with Gasteiger partial charge >= 0.3 is 0 Å². The van der Waals surface area contributed by atoms with Crippen LogP contribution >= 0.6 is 0 Å². The molecule has 1 aliphatic heterocycles. The molecule has 1 aliphatic carbocycles. The number of nitrogens with one attached hydrogen (secondary N) is 1. The summed E-state index contributed by atoms with van der Waals surface area (Å²) in [5.74, 6) is 1.77. The molecule has 0 aromatic carbocycles. The summed E-state index contributed by atoms with van der Waals surface area (Å²) in [7, 11) is 4.44. The van der Waals surface area contributed by atoms with Gasteiger partial charge in [-0.1, -0.05) is 19.8 Å². The van der Waals surface area contributed by atoms with Crippen LogP contribution in [0.4, 0.5) is 0 Å². The number of rotatable bonds is 6. The number of hydrogen-bond donors (Lipinski definition) is 1. The summed E-state index contributed by atoms with van der Waals surface area (Å²) in [4.78, 5) is 2.57. The zero-order chi connectivity index (χ0) is 14.5. The van der Waals surface area contributed by atoms with Gasteiger partial charge in [0.05, 0.1) is 6.10 Å². The first kappa shape index (κ1) is 16.3. The summed E-state index contributed by atoms with van der Waals surface area (Å²) in [6, 6.07) is 1.34. The van der Waals surface area contributed by atoms with Crippen LogP contribution < -0.4 is 5.32 Å². The van der Waals surface area contributed by atoms with Crippen molar-refractivity contribution in [3.8, 4) is 0 Å². The van der Waals surface area contributed by atoms with E-state index in [1.807, 2.05) is 0 Å². The van der Waals surface area contributed by atoms with E-state index in [4.69, 9.17) is 4.74 Å². The molecule has 2 aliphatic rings. The van der Waals surface area contributed by atoms with E-state index in [1.54, 1.807) is 0 Å². The second kappa shape index (κ2) is 7.77. The lowest BCUT2D eigenvalue weighted by molar-refractivity contribution is 0.0670. The zero-order valence-electron chi connectivity index (χ0n) is 13.9. The molecule has 1 saturated heterocycles. The number of hydrogen-bond acceptors (Lipinski definition) is 3. The van der Waals surface area contributed by atoms with Crippen LogP contribution in [-0.4, -0.2) is 50.3 Å². The summed E-state index contributed by atoms with van der Waals surface area (Å²) in [5, 5.41) is 3.57. The van der Waals surface area contributed by atoms with Crippen molar-refractivity contribution in [3.63, 3.8) is 0 Å². The van der Waals surface area contributed by atoms with Gasteiger partial charge in [-0.3, -0.25) is 0 Å². The molecule has 1 N–H and O–H groups in total. The Morgan fingerprint density at radius 2 is 2.05 bits per heavy atom. The van der Waals surface area contributed by atoms with Crippen molar-refractivity contribution < 1.29 is 4.74 Å². The fourth-order valence-corrected chi connectivity index (χ4v) is 4.42. The monoisotopic (exact) mass is 282 g/mol. The minimum absolute atomic E-state index is 0.406. The van der Waals surface area contributed by atoms with Gasteiger partial charge in [0.25, 0.3) is 0 Å². The van der Waals surface area contributed by atoms with Gasteiger partial charge in [-0.25, -0.2) is 0 Å². The van der Waals surface area contributed by atoms with Gasteiger partial charge in [0.2, 0.25) is 0 Å². The van der Waals surface area contributed by atoms with E-state index in [1.165, 1.54) is 45.1 Å². The van der Waals surface area contributed by atoms with Crippen molar-refractivity contribution in [1.82, 2.24) is 10.2 Å². The maximum atomic E-state index is 5.73. The van der Waals surface area contributed by atoms with Crippen molar-refractivity contribution in [1.29, 1.82) is 0 Å². The lowest BCUT2D eigenvalue weighted by Gasteiger charge is -2.39. The van der Waals surface area contributed by atoms with Crippen molar-refractivity contribution >= 4 is 0 Å². The van der Waals surface area contributed by atoms with Crippen LogP contribution in [0.1, 0.15) is 52.4 Å². The van der Waals surface area contributed by atoms with E-state index in [-0.39, 0.29) is 0 Å². The van der Waals surface area contributed by atoms with Gasteiger partial charge < -0.3 is 15.0 Å². The Morgan fingerprint density at radius 1 is 1.25 bits per heavy atom. The van der Waals surface area contributed by atoms with Crippen LogP contribution in [0, 0.1) is 11.8 Å². The lowest BCUT2D eigenvalue weighted by Crippen LogP contribution is -2.47. The summed E-state index contributed by atoms with van der Waals surface area (Å²) >= 11 is 0. The molecule has 118 valence electrons. The molecule has 2 rings (SSSR count). The Hall–Kier alpha value is -0.120. The Bertz CT molecular complexity index is 284. The highest BCUT2D eigenvalue weighted by Gasteiger charge is 2.33. The molecule has 0 amide bonds. The first-order valence-corrected chi connectivity index (χ1v) is 8.64. The predicted molar refractivity (Wildman–Crippen MR) is 85.0 cm³/mol. The number of likely N-dealkylation sites (N-methyl/N-ethyl adjacent to an activating group) is 1. The molecule has 0 aromatic rings. The first-order chi connectivity index (χ1) is 9.65. The number of ether oxygens (including phenoxy) is 1. The highest BCUT2D eigenvalue weighted by Crippen LogP contribution is 2.33. The van der Waals surface area contributed by atoms with Gasteiger partial charge in [0, 0.05) is 25.2 Å². The molecule has 0 aromatic heterocycles. The Morgan fingerprint density at radius 3 is 2.65 bits per heavy atom. The number of nitrogens with zero attached hydrogens (tertiary/aromatic N) is 1. The quantitative estimate of drug-likeness (QED) is 0.811. The third-order valence-corrected chi connectivity index (χ3v) is 5.58. The van der Waals surface area contributed by atoms with Gasteiger partial charge in [0.15, 0.2) is 0 Å². The molecule has 5 unspecified atom stereocenters. The molecule has 1 saturated carbocycles. The second-order valence-corrected chi connectivity index (χ2v) is 6.99. The van der Waals surface area contributed by atoms with E-state index in [0.29, 0.717) is 18.2 Å². The Kier molecular flexibility index (Phi) is 6.31. The maximum absolute atomic E-state index is 5.73. The van der Waals surface area contributed by atoms with Crippen molar-refractivity contribution in [3.05, 3.63) is 0 Å². The zero-order valence-corrected chi connectivity index (χ0v) is 13.9. The van der Waals surface area contributed by atoms with Crippen LogP contribution in [0.3, 0.4) is 0 Å². The molecule has 3 heteroatoms. The molecule has 20 heavy (non-hydrogen) atoms. The fourth-order valence-electron chi connectivity index (χ4n) is 4.42. The molecule has 2 fully saturated rings. The first-order valence-electron chi connectivity index (χ1n) is 8.64. The van der Waals surface area contributed by atoms with Crippen molar-refractivity contribution in [2.24, 2.45) is 11.8 Å². The summed E-state index contributed by atoms with van der Waals surface area (Å²) in [6.45, 7) is 6.71. The van der Waals surface area contributed by atoms with Gasteiger partial charge in [-0.2, -0.15) is 0 Å². The van der Waals surface area contributed by atoms with Gasteiger partial charge in [-0.15, -0.1) is 0 Å². The second-order valence-electron chi connectivity index (χ2n) is 6.99. The Labute approximate surface area is 125 Å². The Balaban J connectivity index is 1.89. The van der Waals surface area contributed by atoms with E-state index >= 15 is 0 Å². The largest absolute Gasteiger partial charge is 0.377 e. The van der Waals surface area contributed by atoms with E-state index in [2.05, 4.69) is 38.2 Å². The van der Waals surface area contributed by atoms with E-state index in [0.717, 1.165) is 18.4 Å². The standard InChI is InChI=1S/C17H34N2O/c1-5-6-14-7-8-16(18-3)15(11-14)12-19(4)17-9-10-20-13(17)2/h13-18H,5-12H2,1-4H3. The molecule has 0 spiro atoms. The van der Waals surface area contributed by atoms with Crippen LogP contribution in [0.2, 0.25) is 0 Å². The highest BCUT2D eigenvalue weighted by atomic mass is 16.5. The molecular weight excluding hydrogens is 248 g/mol. The van der Waals surface area contributed by atoms with Crippen molar-refractivity contribution in [2.75, 3.05) is 27.2 Å². The van der Waals surface area contributed by atoms with Crippen LogP contribution in [0.15, 0.2) is 0 Å². The third-order valence-electron chi connectivity index (χ3n) is 5.58. The fraction of sp³-hybridized carbons (Fsp3) is 1.00. The van der Waals surface area contributed by atoms with E-state index in [9.17, 15) is 0 Å². The average Bonchev–Trinajstić information content (AvgIpc) is 2.86. The summed E-state index contributed by atoms with van der Waals surface area (Å²) in [6.07, 6.45) is 8.55. The van der Waals surface area contributed by atoms with Crippen molar-refractivity contribution in [2.45, 2.75) is 70.6 Å². The van der Waals surface area contributed by atoms with E-state index < -0.39 is 0 Å². The molecule has 0 radical (unpaired) electrons. The van der Waals surface area contributed by atoms with Gasteiger partial charge in [0.1, 0.15) is 0 Å². The minimum Gasteiger partial charge on any atom is -0.377 e. The normalized spacial score (nSPS) is 38.5. The molecule has 0 bridgehead atoms.